The molecular formula is C28H31N5O4. The lowest BCUT2D eigenvalue weighted by Crippen LogP contribution is -2.24. The number of nitrogens with one attached hydrogen (secondary N) is 1. The van der Waals surface area contributed by atoms with Gasteiger partial charge in [-0.3, -0.25) is 9.59 Å². The molecule has 0 aliphatic rings. The number of hydrogen-bond donors (Lipinski definition) is 1. The van der Waals surface area contributed by atoms with Crippen molar-refractivity contribution in [1.29, 1.82) is 0 Å². The summed E-state index contributed by atoms with van der Waals surface area (Å²) in [6, 6.07) is 16.8. The van der Waals surface area contributed by atoms with Gasteiger partial charge in [-0.15, -0.1) is 5.10 Å². The summed E-state index contributed by atoms with van der Waals surface area (Å²) >= 11 is 0. The number of carbonyl (C=O) groups is 2. The molecule has 0 radical (unpaired) electrons. The minimum absolute atomic E-state index is 0.110. The Hall–Kier alpha value is -4.40. The summed E-state index contributed by atoms with van der Waals surface area (Å²) in [4.78, 5) is 30.4. The summed E-state index contributed by atoms with van der Waals surface area (Å²) in [5, 5.41) is 7.72. The lowest BCUT2D eigenvalue weighted by molar-refractivity contribution is -0.153. The third-order valence-electron chi connectivity index (χ3n) is 5.49. The largest absolute Gasteiger partial charge is 0.495 e. The second-order valence-electron chi connectivity index (χ2n) is 9.86. The number of anilines is 2. The molecule has 0 spiro atoms. The second-order valence-corrected chi connectivity index (χ2v) is 9.86. The molecule has 9 heteroatoms. The number of benzene rings is 2. The highest BCUT2D eigenvalue weighted by atomic mass is 16.6. The molecule has 1 amide bonds. The SMILES string of the molecule is COc1cc(C(=O)N(C)C)ccc1Nc1nc2ccc(-c3ccc(CC(=O)OC(C)(C)C)cc3)cn2n1. The summed E-state index contributed by atoms with van der Waals surface area (Å²) in [6.45, 7) is 5.57. The Kier molecular flexibility index (Phi) is 7.15. The number of nitrogens with zero attached hydrogens (tertiary/aromatic N) is 4. The van der Waals surface area contributed by atoms with Gasteiger partial charge < -0.3 is 19.7 Å². The van der Waals surface area contributed by atoms with Crippen molar-refractivity contribution in [3.8, 4) is 16.9 Å². The predicted octanol–water partition coefficient (Wildman–Crippen LogP) is 4.73. The molecule has 37 heavy (non-hydrogen) atoms. The number of rotatable bonds is 7. The Labute approximate surface area is 216 Å². The van der Waals surface area contributed by atoms with Gasteiger partial charge >= 0.3 is 5.97 Å². The minimum atomic E-state index is -0.502. The van der Waals surface area contributed by atoms with E-state index in [0.29, 0.717) is 28.6 Å². The van der Waals surface area contributed by atoms with Crippen LogP contribution in [0.15, 0.2) is 60.8 Å². The topological polar surface area (TPSA) is 98.1 Å². The van der Waals surface area contributed by atoms with Gasteiger partial charge in [0.25, 0.3) is 5.91 Å². The van der Waals surface area contributed by atoms with E-state index in [9.17, 15) is 9.59 Å². The van der Waals surface area contributed by atoms with Gasteiger partial charge in [0.05, 0.1) is 19.2 Å². The Balaban J connectivity index is 1.51. The van der Waals surface area contributed by atoms with Gasteiger partial charge in [0.15, 0.2) is 5.65 Å². The van der Waals surface area contributed by atoms with Crippen LogP contribution >= 0.6 is 0 Å². The average molecular weight is 502 g/mol. The number of carbonyl (C=O) groups excluding carboxylic acids is 2. The highest BCUT2D eigenvalue weighted by Gasteiger charge is 2.17. The van der Waals surface area contributed by atoms with E-state index in [-0.39, 0.29) is 18.3 Å². The van der Waals surface area contributed by atoms with E-state index < -0.39 is 5.60 Å². The average Bonchev–Trinajstić information content (AvgIpc) is 3.24. The smallest absolute Gasteiger partial charge is 0.310 e. The first-order valence-electron chi connectivity index (χ1n) is 11.9. The monoisotopic (exact) mass is 501 g/mol. The van der Waals surface area contributed by atoms with Gasteiger partial charge in [-0.05, 0) is 62.2 Å². The third kappa shape index (κ3) is 6.24. The standard InChI is InChI=1S/C28H31N5O4/c1-28(2,3)37-25(34)15-18-7-9-19(10-8-18)21-12-14-24-30-27(31-33(24)17-21)29-22-13-11-20(16-23(22)36-6)26(35)32(4)5/h7-14,16-17H,15H2,1-6H3,(H,29,31). The fraction of sp³-hybridized carbons (Fsp3) is 0.286. The lowest BCUT2D eigenvalue weighted by atomic mass is 10.0. The van der Waals surface area contributed by atoms with Gasteiger partial charge in [-0.1, -0.05) is 24.3 Å². The van der Waals surface area contributed by atoms with Crippen molar-refractivity contribution in [3.63, 3.8) is 0 Å². The summed E-state index contributed by atoms with van der Waals surface area (Å²) in [6.07, 6.45) is 2.12. The van der Waals surface area contributed by atoms with E-state index in [2.05, 4.69) is 15.4 Å². The molecule has 0 aliphatic carbocycles. The van der Waals surface area contributed by atoms with Gasteiger partial charge in [-0.25, -0.2) is 4.52 Å². The number of ether oxygens (including phenoxy) is 2. The number of amides is 1. The normalized spacial score (nSPS) is 11.3. The second kappa shape index (κ2) is 10.3. The maximum absolute atomic E-state index is 12.3. The summed E-state index contributed by atoms with van der Waals surface area (Å²) in [5.74, 6) is 0.551. The Morgan fingerprint density at radius 2 is 1.70 bits per heavy atom. The Morgan fingerprint density at radius 3 is 2.35 bits per heavy atom. The number of aromatic nitrogens is 3. The number of hydrogen-bond acceptors (Lipinski definition) is 7. The number of esters is 1. The van der Waals surface area contributed by atoms with E-state index in [1.807, 2.05) is 63.4 Å². The molecule has 0 atom stereocenters. The zero-order chi connectivity index (χ0) is 26.7. The van der Waals surface area contributed by atoms with Crippen LogP contribution in [0.4, 0.5) is 11.6 Å². The molecule has 2 heterocycles. The van der Waals surface area contributed by atoms with Crippen molar-refractivity contribution in [3.05, 3.63) is 71.9 Å². The molecule has 0 bridgehead atoms. The lowest BCUT2D eigenvalue weighted by Gasteiger charge is -2.19. The van der Waals surface area contributed by atoms with Gasteiger partial charge in [0.2, 0.25) is 5.95 Å². The van der Waals surface area contributed by atoms with Crippen molar-refractivity contribution >= 4 is 29.2 Å². The van der Waals surface area contributed by atoms with Crippen molar-refractivity contribution in [2.75, 3.05) is 26.5 Å². The predicted molar refractivity (Wildman–Crippen MR) is 142 cm³/mol. The molecule has 4 aromatic rings. The highest BCUT2D eigenvalue weighted by Crippen LogP contribution is 2.29. The van der Waals surface area contributed by atoms with E-state index >= 15 is 0 Å². The van der Waals surface area contributed by atoms with Crippen molar-refractivity contribution < 1.29 is 19.1 Å². The number of pyridine rings is 1. The first-order valence-corrected chi connectivity index (χ1v) is 11.9. The van der Waals surface area contributed by atoms with Crippen molar-refractivity contribution in [2.24, 2.45) is 0 Å². The molecule has 0 unspecified atom stereocenters. The first kappa shape index (κ1) is 25.7. The molecule has 192 valence electrons. The van der Waals surface area contributed by atoms with Crippen LogP contribution in [0.3, 0.4) is 0 Å². The Morgan fingerprint density at radius 1 is 1.00 bits per heavy atom. The third-order valence-corrected chi connectivity index (χ3v) is 5.49. The fourth-order valence-corrected chi connectivity index (χ4v) is 3.77. The molecule has 9 nitrogen and oxygen atoms in total. The molecule has 0 aliphatic heterocycles. The quantitative estimate of drug-likeness (QED) is 0.366. The van der Waals surface area contributed by atoms with Crippen LogP contribution in [0.25, 0.3) is 16.8 Å². The van der Waals surface area contributed by atoms with Gasteiger partial charge in [0, 0.05) is 31.4 Å². The molecule has 2 aromatic heterocycles. The zero-order valence-corrected chi connectivity index (χ0v) is 21.9. The number of methoxy groups -OCH3 is 1. The van der Waals surface area contributed by atoms with Crippen LogP contribution in [0, 0.1) is 0 Å². The number of fused-ring (bicyclic) bond motifs is 1. The Bertz CT molecular complexity index is 1440. The summed E-state index contributed by atoms with van der Waals surface area (Å²) in [7, 11) is 4.95. The summed E-state index contributed by atoms with van der Waals surface area (Å²) in [5.41, 5.74) is 4.17. The fourth-order valence-electron chi connectivity index (χ4n) is 3.77. The molecule has 0 saturated carbocycles. The van der Waals surface area contributed by atoms with Crippen LogP contribution in [-0.4, -0.2) is 58.2 Å². The van der Waals surface area contributed by atoms with Crippen molar-refractivity contribution in [2.45, 2.75) is 32.8 Å². The van der Waals surface area contributed by atoms with Crippen LogP contribution < -0.4 is 10.1 Å². The van der Waals surface area contributed by atoms with Crippen LogP contribution in [-0.2, 0) is 16.0 Å². The van der Waals surface area contributed by atoms with E-state index in [1.165, 1.54) is 4.90 Å². The van der Waals surface area contributed by atoms with Gasteiger partial charge in [0.1, 0.15) is 11.4 Å². The van der Waals surface area contributed by atoms with E-state index in [1.54, 1.807) is 43.9 Å². The molecule has 4 rings (SSSR count). The van der Waals surface area contributed by atoms with E-state index in [4.69, 9.17) is 9.47 Å². The minimum Gasteiger partial charge on any atom is -0.495 e. The summed E-state index contributed by atoms with van der Waals surface area (Å²) < 4.78 is 12.6. The zero-order valence-electron chi connectivity index (χ0n) is 21.9. The molecule has 0 saturated heterocycles. The maximum Gasteiger partial charge on any atom is 0.310 e. The highest BCUT2D eigenvalue weighted by molar-refractivity contribution is 5.95. The molecule has 2 aromatic carbocycles. The van der Waals surface area contributed by atoms with E-state index in [0.717, 1.165) is 16.7 Å². The van der Waals surface area contributed by atoms with Crippen molar-refractivity contribution in [1.82, 2.24) is 19.5 Å². The molecule has 1 N–H and O–H groups in total. The van der Waals surface area contributed by atoms with Crippen LogP contribution in [0.5, 0.6) is 5.75 Å². The van der Waals surface area contributed by atoms with Crippen LogP contribution in [0.1, 0.15) is 36.7 Å². The first-order chi connectivity index (χ1) is 17.5. The van der Waals surface area contributed by atoms with Crippen LogP contribution in [0.2, 0.25) is 0 Å². The molecule has 0 fully saturated rings. The molecular weight excluding hydrogens is 470 g/mol. The van der Waals surface area contributed by atoms with Gasteiger partial charge in [-0.2, -0.15) is 4.98 Å². The maximum atomic E-state index is 12.3.